The van der Waals surface area contributed by atoms with Crippen molar-refractivity contribution < 1.29 is 18.4 Å². The molecule has 16 heavy (non-hydrogen) atoms. The Kier molecular flexibility index (Phi) is 2.51. The number of likely N-dealkylation sites (tertiary alicyclic amines) is 1. The fourth-order valence-electron chi connectivity index (χ4n) is 3.14. The monoisotopic (exact) mass is 231 g/mol. The fourth-order valence-corrected chi connectivity index (χ4v) is 3.14. The molecule has 1 aliphatic heterocycles. The van der Waals surface area contributed by atoms with Crippen LogP contribution < -0.4 is 0 Å². The number of hydrogen-bond acceptors (Lipinski definition) is 2. The lowest BCUT2D eigenvalue weighted by molar-refractivity contribution is -0.136. The lowest BCUT2D eigenvalue weighted by Gasteiger charge is -2.25. The summed E-state index contributed by atoms with van der Waals surface area (Å²) in [5.41, 5.74) is 0. The molecule has 0 spiro atoms. The first kappa shape index (κ1) is 11.5. The van der Waals surface area contributed by atoms with Gasteiger partial charge < -0.3 is 4.90 Å². The van der Waals surface area contributed by atoms with Gasteiger partial charge in [-0.3, -0.25) is 9.59 Å². The van der Waals surface area contributed by atoms with Crippen LogP contribution in [0.3, 0.4) is 0 Å². The van der Waals surface area contributed by atoms with Gasteiger partial charge in [-0.25, -0.2) is 8.78 Å². The molecule has 2 fully saturated rings. The molecule has 0 N–H and O–H groups in total. The highest BCUT2D eigenvalue weighted by Gasteiger charge is 2.56. The number of carbonyl (C=O) groups is 2. The summed E-state index contributed by atoms with van der Waals surface area (Å²) >= 11 is 0. The standard InChI is InChI=1S/C11H15F2NO2/c1-6(15)10-9-4-11(12,13)3-8(9)5-14(10)7(2)16/h8-10H,3-5H2,1-2H3/t8?,9-,10+/m0/s1. The van der Waals surface area contributed by atoms with Gasteiger partial charge in [0.1, 0.15) is 0 Å². The molecule has 1 saturated carbocycles. The summed E-state index contributed by atoms with van der Waals surface area (Å²) in [4.78, 5) is 24.3. The fraction of sp³-hybridized carbons (Fsp3) is 0.818. The minimum Gasteiger partial charge on any atom is -0.332 e. The van der Waals surface area contributed by atoms with Crippen LogP contribution in [0.5, 0.6) is 0 Å². The molecule has 90 valence electrons. The lowest BCUT2D eigenvalue weighted by atomic mass is 9.92. The molecule has 0 aromatic rings. The average Bonchev–Trinajstić information content (AvgIpc) is 2.54. The third-order valence-corrected chi connectivity index (χ3v) is 3.69. The Labute approximate surface area is 92.8 Å². The number of Topliss-reactive ketones (excluding diaryl/α,β-unsaturated/α-hetero) is 1. The van der Waals surface area contributed by atoms with Crippen molar-refractivity contribution in [3.63, 3.8) is 0 Å². The van der Waals surface area contributed by atoms with Crippen LogP contribution in [0.4, 0.5) is 8.78 Å². The van der Waals surface area contributed by atoms with Gasteiger partial charge in [-0.15, -0.1) is 0 Å². The predicted molar refractivity (Wildman–Crippen MR) is 53.0 cm³/mol. The number of nitrogens with zero attached hydrogens (tertiary/aromatic N) is 1. The maximum Gasteiger partial charge on any atom is 0.248 e. The first-order chi connectivity index (χ1) is 7.32. The molecule has 0 bridgehead atoms. The van der Waals surface area contributed by atoms with Crippen molar-refractivity contribution in [3.05, 3.63) is 0 Å². The number of halogens is 2. The van der Waals surface area contributed by atoms with Crippen molar-refractivity contribution >= 4 is 11.7 Å². The maximum atomic E-state index is 13.2. The number of carbonyl (C=O) groups excluding carboxylic acids is 2. The van der Waals surface area contributed by atoms with Crippen molar-refractivity contribution in [1.29, 1.82) is 0 Å². The second-order valence-corrected chi connectivity index (χ2v) is 4.92. The molecular weight excluding hydrogens is 216 g/mol. The van der Waals surface area contributed by atoms with E-state index in [1.165, 1.54) is 18.7 Å². The summed E-state index contributed by atoms with van der Waals surface area (Å²) in [7, 11) is 0. The number of hydrogen-bond donors (Lipinski definition) is 0. The molecule has 3 nitrogen and oxygen atoms in total. The molecule has 1 heterocycles. The van der Waals surface area contributed by atoms with Gasteiger partial charge in [0, 0.05) is 26.3 Å². The smallest absolute Gasteiger partial charge is 0.248 e. The zero-order valence-corrected chi connectivity index (χ0v) is 9.37. The Hall–Kier alpha value is -1.00. The topological polar surface area (TPSA) is 37.4 Å². The van der Waals surface area contributed by atoms with E-state index in [0.29, 0.717) is 6.54 Å². The van der Waals surface area contributed by atoms with Crippen molar-refractivity contribution in [2.24, 2.45) is 11.8 Å². The molecule has 0 radical (unpaired) electrons. The van der Waals surface area contributed by atoms with E-state index in [-0.39, 0.29) is 36.4 Å². The molecule has 2 aliphatic rings. The van der Waals surface area contributed by atoms with Gasteiger partial charge in [0.25, 0.3) is 0 Å². The van der Waals surface area contributed by atoms with E-state index in [2.05, 4.69) is 0 Å². The predicted octanol–water partition coefficient (Wildman–Crippen LogP) is 1.47. The van der Waals surface area contributed by atoms with Crippen LogP contribution in [0.1, 0.15) is 26.7 Å². The van der Waals surface area contributed by atoms with E-state index >= 15 is 0 Å². The zero-order valence-electron chi connectivity index (χ0n) is 9.37. The third kappa shape index (κ3) is 1.72. The maximum absolute atomic E-state index is 13.2. The Bertz CT molecular complexity index is 343. The highest BCUT2D eigenvalue weighted by molar-refractivity contribution is 5.87. The summed E-state index contributed by atoms with van der Waals surface area (Å²) < 4.78 is 26.4. The molecule has 0 aromatic carbocycles. The first-order valence-electron chi connectivity index (χ1n) is 5.47. The van der Waals surface area contributed by atoms with Crippen molar-refractivity contribution in [2.45, 2.75) is 38.7 Å². The molecule has 1 aliphatic carbocycles. The van der Waals surface area contributed by atoms with Crippen molar-refractivity contribution in [3.8, 4) is 0 Å². The zero-order chi connectivity index (χ0) is 12.1. The SMILES string of the molecule is CC(=O)[C@@H]1[C@H]2CC(F)(F)CC2CN1C(C)=O. The molecule has 1 unspecified atom stereocenters. The van der Waals surface area contributed by atoms with Crippen LogP contribution >= 0.6 is 0 Å². The molecule has 5 heteroatoms. The number of amides is 1. The Morgan fingerprint density at radius 1 is 1.25 bits per heavy atom. The van der Waals surface area contributed by atoms with Crippen LogP contribution in [0.25, 0.3) is 0 Å². The second-order valence-electron chi connectivity index (χ2n) is 4.92. The van der Waals surface area contributed by atoms with Gasteiger partial charge >= 0.3 is 0 Å². The van der Waals surface area contributed by atoms with E-state index in [1.807, 2.05) is 0 Å². The normalized spacial score (nSPS) is 36.2. The van der Waals surface area contributed by atoms with Crippen LogP contribution in [0.2, 0.25) is 0 Å². The first-order valence-corrected chi connectivity index (χ1v) is 5.47. The molecule has 2 rings (SSSR count). The van der Waals surface area contributed by atoms with Crippen LogP contribution in [-0.2, 0) is 9.59 Å². The third-order valence-electron chi connectivity index (χ3n) is 3.69. The lowest BCUT2D eigenvalue weighted by Crippen LogP contribution is -2.42. The van der Waals surface area contributed by atoms with Crippen molar-refractivity contribution in [1.82, 2.24) is 4.90 Å². The van der Waals surface area contributed by atoms with E-state index in [9.17, 15) is 18.4 Å². The Morgan fingerprint density at radius 3 is 2.38 bits per heavy atom. The van der Waals surface area contributed by atoms with Crippen LogP contribution in [0.15, 0.2) is 0 Å². The number of rotatable bonds is 1. The van der Waals surface area contributed by atoms with Gasteiger partial charge in [0.15, 0.2) is 5.78 Å². The minimum atomic E-state index is -2.66. The van der Waals surface area contributed by atoms with Gasteiger partial charge in [0.05, 0.1) is 6.04 Å². The largest absolute Gasteiger partial charge is 0.332 e. The van der Waals surface area contributed by atoms with E-state index < -0.39 is 12.0 Å². The number of alkyl halides is 2. The van der Waals surface area contributed by atoms with Gasteiger partial charge in [-0.05, 0) is 18.8 Å². The van der Waals surface area contributed by atoms with Crippen molar-refractivity contribution in [2.75, 3.05) is 6.54 Å². The van der Waals surface area contributed by atoms with E-state index in [4.69, 9.17) is 0 Å². The summed E-state index contributed by atoms with van der Waals surface area (Å²) in [6.45, 7) is 3.06. The molecule has 3 atom stereocenters. The summed E-state index contributed by atoms with van der Waals surface area (Å²) in [5.74, 6) is -3.60. The number of fused-ring (bicyclic) bond motifs is 1. The number of ketones is 1. The highest BCUT2D eigenvalue weighted by Crippen LogP contribution is 2.49. The average molecular weight is 231 g/mol. The second kappa shape index (κ2) is 3.50. The molecule has 0 aromatic heterocycles. The molecular formula is C11H15F2NO2. The highest BCUT2D eigenvalue weighted by atomic mass is 19.3. The van der Waals surface area contributed by atoms with E-state index in [1.54, 1.807) is 0 Å². The summed E-state index contributed by atoms with van der Waals surface area (Å²) in [6, 6.07) is -0.629. The summed E-state index contributed by atoms with van der Waals surface area (Å²) in [5, 5.41) is 0. The quantitative estimate of drug-likeness (QED) is 0.685. The molecule has 1 amide bonds. The Balaban J connectivity index is 2.23. The van der Waals surface area contributed by atoms with Crippen LogP contribution in [-0.4, -0.2) is 35.1 Å². The minimum absolute atomic E-state index is 0.180. The molecule has 1 saturated heterocycles. The Morgan fingerprint density at radius 2 is 1.88 bits per heavy atom. The van der Waals surface area contributed by atoms with Crippen LogP contribution in [0, 0.1) is 11.8 Å². The van der Waals surface area contributed by atoms with Gasteiger partial charge in [-0.2, -0.15) is 0 Å². The van der Waals surface area contributed by atoms with Gasteiger partial charge in [0.2, 0.25) is 11.8 Å². The van der Waals surface area contributed by atoms with E-state index in [0.717, 1.165) is 0 Å². The van der Waals surface area contributed by atoms with Gasteiger partial charge in [-0.1, -0.05) is 0 Å². The summed E-state index contributed by atoms with van der Waals surface area (Å²) in [6.07, 6.45) is -0.447.